The zero-order chi connectivity index (χ0) is 14.4. The summed E-state index contributed by atoms with van der Waals surface area (Å²) in [6.07, 6.45) is 4.90. The average molecular weight is 274 g/mol. The van der Waals surface area contributed by atoms with Crippen molar-refractivity contribution < 1.29 is 4.79 Å². The van der Waals surface area contributed by atoms with Gasteiger partial charge in [0.2, 0.25) is 0 Å². The third-order valence-corrected chi connectivity index (χ3v) is 4.08. The van der Waals surface area contributed by atoms with E-state index >= 15 is 0 Å². The SMILES string of the molecule is CCCNc1ccc(C(=O)NCC2CCC(C)C2)cc1. The van der Waals surface area contributed by atoms with Gasteiger partial charge in [-0.25, -0.2) is 0 Å². The molecule has 20 heavy (non-hydrogen) atoms. The van der Waals surface area contributed by atoms with Crippen molar-refractivity contribution in [2.24, 2.45) is 11.8 Å². The first-order chi connectivity index (χ1) is 9.69. The number of amides is 1. The van der Waals surface area contributed by atoms with E-state index in [9.17, 15) is 4.79 Å². The van der Waals surface area contributed by atoms with Crippen molar-refractivity contribution in [3.63, 3.8) is 0 Å². The molecule has 1 aliphatic rings. The second kappa shape index (κ2) is 7.32. The number of anilines is 1. The van der Waals surface area contributed by atoms with E-state index in [0.29, 0.717) is 5.92 Å². The Morgan fingerprint density at radius 2 is 2.00 bits per heavy atom. The topological polar surface area (TPSA) is 41.1 Å². The first kappa shape index (κ1) is 14.9. The second-order valence-corrected chi connectivity index (χ2v) is 6.00. The molecule has 3 nitrogen and oxygen atoms in total. The molecule has 3 heteroatoms. The highest BCUT2D eigenvalue weighted by atomic mass is 16.1. The molecule has 1 fully saturated rings. The lowest BCUT2D eigenvalue weighted by molar-refractivity contribution is 0.0947. The monoisotopic (exact) mass is 274 g/mol. The maximum atomic E-state index is 12.1. The van der Waals surface area contributed by atoms with Gasteiger partial charge in [-0.05, 0) is 55.4 Å². The summed E-state index contributed by atoms with van der Waals surface area (Å²) in [7, 11) is 0. The Labute approximate surface area is 122 Å². The first-order valence-electron chi connectivity index (χ1n) is 7.81. The minimum atomic E-state index is 0.0478. The van der Waals surface area contributed by atoms with Crippen LogP contribution in [0.25, 0.3) is 0 Å². The molecule has 0 aliphatic heterocycles. The van der Waals surface area contributed by atoms with E-state index in [2.05, 4.69) is 24.5 Å². The Morgan fingerprint density at radius 1 is 1.25 bits per heavy atom. The Balaban J connectivity index is 1.80. The van der Waals surface area contributed by atoms with Crippen molar-refractivity contribution in [1.82, 2.24) is 5.32 Å². The molecule has 1 amide bonds. The van der Waals surface area contributed by atoms with Crippen LogP contribution in [-0.2, 0) is 0 Å². The third kappa shape index (κ3) is 4.26. The Kier molecular flexibility index (Phi) is 5.45. The fourth-order valence-electron chi connectivity index (χ4n) is 2.86. The van der Waals surface area contributed by atoms with E-state index < -0.39 is 0 Å². The standard InChI is InChI=1S/C17H26N2O/c1-3-10-18-16-8-6-15(7-9-16)17(20)19-12-14-5-4-13(2)11-14/h6-9,13-14,18H,3-5,10-12H2,1-2H3,(H,19,20). The van der Waals surface area contributed by atoms with Crippen LogP contribution in [0.4, 0.5) is 5.69 Å². The molecule has 2 unspecified atom stereocenters. The molecule has 0 radical (unpaired) electrons. The fraction of sp³-hybridized carbons (Fsp3) is 0.588. The molecule has 1 aliphatic carbocycles. The van der Waals surface area contributed by atoms with E-state index in [1.807, 2.05) is 24.3 Å². The maximum absolute atomic E-state index is 12.1. The van der Waals surface area contributed by atoms with Crippen LogP contribution in [0.3, 0.4) is 0 Å². The molecule has 0 aromatic heterocycles. The molecular weight excluding hydrogens is 248 g/mol. The Bertz CT molecular complexity index is 427. The van der Waals surface area contributed by atoms with Crippen LogP contribution < -0.4 is 10.6 Å². The number of hydrogen-bond donors (Lipinski definition) is 2. The molecule has 0 bridgehead atoms. The van der Waals surface area contributed by atoms with Crippen LogP contribution in [0, 0.1) is 11.8 Å². The van der Waals surface area contributed by atoms with E-state index in [4.69, 9.17) is 0 Å². The van der Waals surface area contributed by atoms with Crippen molar-refractivity contribution >= 4 is 11.6 Å². The first-order valence-corrected chi connectivity index (χ1v) is 7.81. The van der Waals surface area contributed by atoms with Gasteiger partial charge in [0, 0.05) is 24.3 Å². The van der Waals surface area contributed by atoms with Gasteiger partial charge in [-0.1, -0.05) is 20.3 Å². The summed E-state index contributed by atoms with van der Waals surface area (Å²) in [6.45, 7) is 6.22. The molecule has 2 N–H and O–H groups in total. The Hall–Kier alpha value is -1.51. The second-order valence-electron chi connectivity index (χ2n) is 6.00. The number of carbonyl (C=O) groups excluding carboxylic acids is 1. The van der Waals surface area contributed by atoms with Crippen molar-refractivity contribution in [3.8, 4) is 0 Å². The summed E-state index contributed by atoms with van der Waals surface area (Å²) in [6, 6.07) is 7.74. The van der Waals surface area contributed by atoms with E-state index in [0.717, 1.165) is 36.7 Å². The zero-order valence-electron chi connectivity index (χ0n) is 12.6. The summed E-state index contributed by atoms with van der Waals surface area (Å²) in [4.78, 5) is 12.1. The van der Waals surface area contributed by atoms with Crippen molar-refractivity contribution in [2.75, 3.05) is 18.4 Å². The molecule has 1 aromatic rings. The summed E-state index contributed by atoms with van der Waals surface area (Å²) in [5.41, 5.74) is 1.83. The highest BCUT2D eigenvalue weighted by Crippen LogP contribution is 2.29. The fourth-order valence-corrected chi connectivity index (χ4v) is 2.86. The largest absolute Gasteiger partial charge is 0.385 e. The molecule has 2 atom stereocenters. The van der Waals surface area contributed by atoms with Crippen LogP contribution in [-0.4, -0.2) is 19.0 Å². The molecule has 1 saturated carbocycles. The predicted molar refractivity (Wildman–Crippen MR) is 84.1 cm³/mol. The highest BCUT2D eigenvalue weighted by molar-refractivity contribution is 5.94. The minimum Gasteiger partial charge on any atom is -0.385 e. The van der Waals surface area contributed by atoms with Crippen LogP contribution in [0.1, 0.15) is 49.9 Å². The molecule has 110 valence electrons. The van der Waals surface area contributed by atoms with Crippen LogP contribution in [0.15, 0.2) is 24.3 Å². The summed E-state index contributed by atoms with van der Waals surface area (Å²) < 4.78 is 0. The van der Waals surface area contributed by atoms with Crippen LogP contribution in [0.2, 0.25) is 0 Å². The Morgan fingerprint density at radius 3 is 2.60 bits per heavy atom. The maximum Gasteiger partial charge on any atom is 0.251 e. The average Bonchev–Trinajstić information content (AvgIpc) is 2.89. The number of hydrogen-bond acceptors (Lipinski definition) is 2. The quantitative estimate of drug-likeness (QED) is 0.831. The van der Waals surface area contributed by atoms with Gasteiger partial charge in [0.05, 0.1) is 0 Å². The lowest BCUT2D eigenvalue weighted by Gasteiger charge is -2.11. The molecule has 0 heterocycles. The van der Waals surface area contributed by atoms with Crippen molar-refractivity contribution in [1.29, 1.82) is 0 Å². The van der Waals surface area contributed by atoms with Gasteiger partial charge in [-0.3, -0.25) is 4.79 Å². The lowest BCUT2D eigenvalue weighted by atomic mass is 10.1. The van der Waals surface area contributed by atoms with Gasteiger partial charge in [0.1, 0.15) is 0 Å². The number of carbonyl (C=O) groups is 1. The number of rotatable bonds is 6. The molecule has 1 aromatic carbocycles. The van der Waals surface area contributed by atoms with E-state index in [1.165, 1.54) is 19.3 Å². The predicted octanol–water partition coefficient (Wildman–Crippen LogP) is 3.67. The number of nitrogens with one attached hydrogen (secondary N) is 2. The van der Waals surface area contributed by atoms with Crippen LogP contribution >= 0.6 is 0 Å². The smallest absolute Gasteiger partial charge is 0.251 e. The summed E-state index contributed by atoms with van der Waals surface area (Å²) >= 11 is 0. The van der Waals surface area contributed by atoms with Gasteiger partial charge in [-0.15, -0.1) is 0 Å². The minimum absolute atomic E-state index is 0.0478. The highest BCUT2D eigenvalue weighted by Gasteiger charge is 2.21. The van der Waals surface area contributed by atoms with E-state index in [-0.39, 0.29) is 5.91 Å². The zero-order valence-corrected chi connectivity index (χ0v) is 12.6. The third-order valence-electron chi connectivity index (χ3n) is 4.08. The normalized spacial score (nSPS) is 21.7. The molecular formula is C17H26N2O. The van der Waals surface area contributed by atoms with Crippen LogP contribution in [0.5, 0.6) is 0 Å². The summed E-state index contributed by atoms with van der Waals surface area (Å²) in [5, 5.41) is 6.38. The van der Waals surface area contributed by atoms with Gasteiger partial charge in [0.15, 0.2) is 0 Å². The van der Waals surface area contributed by atoms with E-state index in [1.54, 1.807) is 0 Å². The van der Waals surface area contributed by atoms with Crippen molar-refractivity contribution in [2.45, 2.75) is 39.5 Å². The number of benzene rings is 1. The lowest BCUT2D eigenvalue weighted by Crippen LogP contribution is -2.28. The van der Waals surface area contributed by atoms with Crippen molar-refractivity contribution in [3.05, 3.63) is 29.8 Å². The van der Waals surface area contributed by atoms with Gasteiger partial charge < -0.3 is 10.6 Å². The molecule has 2 rings (SSSR count). The van der Waals surface area contributed by atoms with Gasteiger partial charge >= 0.3 is 0 Å². The summed E-state index contributed by atoms with van der Waals surface area (Å²) in [5.74, 6) is 1.53. The van der Waals surface area contributed by atoms with Gasteiger partial charge in [-0.2, -0.15) is 0 Å². The molecule has 0 saturated heterocycles. The molecule has 0 spiro atoms. The van der Waals surface area contributed by atoms with Gasteiger partial charge in [0.25, 0.3) is 5.91 Å².